The van der Waals surface area contributed by atoms with Gasteiger partial charge in [0.05, 0.1) is 0 Å². The molecule has 118 valence electrons. The summed E-state index contributed by atoms with van der Waals surface area (Å²) < 4.78 is 0. The van der Waals surface area contributed by atoms with Crippen LogP contribution in [-0.2, 0) is 0 Å². The minimum absolute atomic E-state index is 0.592. The summed E-state index contributed by atoms with van der Waals surface area (Å²) in [5.41, 5.74) is 0. The molecule has 4 heteroatoms. The summed E-state index contributed by atoms with van der Waals surface area (Å²) in [6, 6.07) is 1.18. The van der Waals surface area contributed by atoms with E-state index in [0.29, 0.717) is 12.1 Å². The van der Waals surface area contributed by atoms with Gasteiger partial charge in [0.1, 0.15) is 0 Å². The van der Waals surface area contributed by atoms with E-state index < -0.39 is 0 Å². The highest BCUT2D eigenvalue weighted by Crippen LogP contribution is 2.15. The normalized spacial score (nSPS) is 18.4. The van der Waals surface area contributed by atoms with Crippen LogP contribution < -0.4 is 5.32 Å². The second-order valence-corrected chi connectivity index (χ2v) is 6.57. The average molecular weight is 282 g/mol. The van der Waals surface area contributed by atoms with E-state index >= 15 is 0 Å². The van der Waals surface area contributed by atoms with Crippen LogP contribution in [0.3, 0.4) is 0 Å². The van der Waals surface area contributed by atoms with Crippen LogP contribution in [0.5, 0.6) is 0 Å². The first-order chi connectivity index (χ1) is 9.45. The molecule has 1 saturated heterocycles. The molecule has 0 radical (unpaired) electrons. The molecular weight excluding hydrogens is 248 g/mol. The van der Waals surface area contributed by atoms with Crippen molar-refractivity contribution in [2.75, 3.05) is 33.2 Å². The molecule has 1 N–H and O–H groups in total. The molecule has 1 heterocycles. The molecule has 20 heavy (non-hydrogen) atoms. The van der Waals surface area contributed by atoms with Crippen molar-refractivity contribution in [3.05, 3.63) is 0 Å². The van der Waals surface area contributed by atoms with E-state index in [-0.39, 0.29) is 0 Å². The molecule has 4 nitrogen and oxygen atoms in total. The Kier molecular flexibility index (Phi) is 7.35. The van der Waals surface area contributed by atoms with Crippen molar-refractivity contribution in [1.82, 2.24) is 15.1 Å². The van der Waals surface area contributed by atoms with E-state index in [2.05, 4.69) is 54.7 Å². The summed E-state index contributed by atoms with van der Waals surface area (Å²) in [5, 5.41) is 3.53. The van der Waals surface area contributed by atoms with Gasteiger partial charge in [-0.2, -0.15) is 0 Å². The van der Waals surface area contributed by atoms with E-state index in [1.807, 2.05) is 7.05 Å². The number of hydrogen-bond acceptors (Lipinski definition) is 2. The molecule has 0 aromatic heterocycles. The topological polar surface area (TPSA) is 30.9 Å². The van der Waals surface area contributed by atoms with Gasteiger partial charge in [0.2, 0.25) is 0 Å². The molecule has 0 aromatic rings. The van der Waals surface area contributed by atoms with Crippen molar-refractivity contribution < 1.29 is 0 Å². The zero-order valence-electron chi connectivity index (χ0n) is 14.3. The number of aliphatic imine (C=N–C) groups is 1. The van der Waals surface area contributed by atoms with Crippen LogP contribution in [-0.4, -0.2) is 61.1 Å². The van der Waals surface area contributed by atoms with E-state index in [0.717, 1.165) is 38.1 Å². The van der Waals surface area contributed by atoms with Crippen LogP contribution in [0.4, 0.5) is 0 Å². The molecule has 0 saturated carbocycles. The minimum Gasteiger partial charge on any atom is -0.355 e. The predicted molar refractivity (Wildman–Crippen MR) is 88.3 cm³/mol. The molecule has 0 unspecified atom stereocenters. The van der Waals surface area contributed by atoms with Crippen molar-refractivity contribution >= 4 is 5.96 Å². The fraction of sp³-hybridized carbons (Fsp3) is 0.938. The second kappa shape index (κ2) is 8.50. The van der Waals surface area contributed by atoms with Crippen LogP contribution in [0.25, 0.3) is 0 Å². The number of nitrogens with one attached hydrogen (secondary N) is 1. The molecule has 0 amide bonds. The highest BCUT2D eigenvalue weighted by Gasteiger charge is 2.19. The van der Waals surface area contributed by atoms with Crippen molar-refractivity contribution in [3.8, 4) is 0 Å². The third-order valence-corrected chi connectivity index (χ3v) is 4.27. The molecule has 0 aromatic carbocycles. The van der Waals surface area contributed by atoms with E-state index in [9.17, 15) is 0 Å². The van der Waals surface area contributed by atoms with Gasteiger partial charge in [-0.05, 0) is 46.5 Å². The zero-order valence-corrected chi connectivity index (χ0v) is 14.3. The van der Waals surface area contributed by atoms with Crippen LogP contribution in [0.1, 0.15) is 47.5 Å². The Morgan fingerprint density at radius 2 is 1.75 bits per heavy atom. The lowest BCUT2D eigenvalue weighted by Gasteiger charge is -2.34. The lowest BCUT2D eigenvalue weighted by Crippen LogP contribution is -2.48. The van der Waals surface area contributed by atoms with Crippen molar-refractivity contribution in [3.63, 3.8) is 0 Å². The Bertz CT molecular complexity index is 283. The summed E-state index contributed by atoms with van der Waals surface area (Å²) >= 11 is 0. The third-order valence-electron chi connectivity index (χ3n) is 4.27. The van der Waals surface area contributed by atoms with Crippen molar-refractivity contribution in [2.45, 2.75) is 59.5 Å². The van der Waals surface area contributed by atoms with Gasteiger partial charge in [-0.25, -0.2) is 0 Å². The van der Waals surface area contributed by atoms with Crippen LogP contribution in [0.2, 0.25) is 0 Å². The zero-order chi connectivity index (χ0) is 15.1. The van der Waals surface area contributed by atoms with E-state index in [1.165, 1.54) is 12.8 Å². The highest BCUT2D eigenvalue weighted by molar-refractivity contribution is 5.79. The quantitative estimate of drug-likeness (QED) is 0.620. The number of piperidine rings is 1. The SMILES string of the molecule is CN=C(NCCN(C(C)C)C(C)C)N1CCC(C)CC1. The Hall–Kier alpha value is -0.770. The maximum atomic E-state index is 4.44. The largest absolute Gasteiger partial charge is 0.355 e. The van der Waals surface area contributed by atoms with Gasteiger partial charge < -0.3 is 10.2 Å². The number of likely N-dealkylation sites (tertiary alicyclic amines) is 1. The molecule has 0 aliphatic carbocycles. The summed E-state index contributed by atoms with van der Waals surface area (Å²) in [7, 11) is 1.89. The predicted octanol–water partition coefficient (Wildman–Crippen LogP) is 2.41. The lowest BCUT2D eigenvalue weighted by molar-refractivity contribution is 0.177. The second-order valence-electron chi connectivity index (χ2n) is 6.57. The van der Waals surface area contributed by atoms with Crippen LogP contribution in [0, 0.1) is 5.92 Å². The summed E-state index contributed by atoms with van der Waals surface area (Å²) in [6.45, 7) is 15.7. The van der Waals surface area contributed by atoms with Gasteiger partial charge in [-0.15, -0.1) is 0 Å². The van der Waals surface area contributed by atoms with E-state index in [4.69, 9.17) is 0 Å². The maximum Gasteiger partial charge on any atom is 0.193 e. The van der Waals surface area contributed by atoms with E-state index in [1.54, 1.807) is 0 Å². The Morgan fingerprint density at radius 3 is 2.20 bits per heavy atom. The van der Waals surface area contributed by atoms with Crippen molar-refractivity contribution in [1.29, 1.82) is 0 Å². The highest BCUT2D eigenvalue weighted by atomic mass is 15.3. The Balaban J connectivity index is 2.38. The molecule has 0 spiro atoms. The first-order valence-electron chi connectivity index (χ1n) is 8.17. The van der Waals surface area contributed by atoms with Gasteiger partial charge in [-0.3, -0.25) is 9.89 Å². The smallest absolute Gasteiger partial charge is 0.193 e. The fourth-order valence-corrected chi connectivity index (χ4v) is 2.96. The maximum absolute atomic E-state index is 4.44. The number of guanidine groups is 1. The van der Waals surface area contributed by atoms with Gasteiger partial charge >= 0.3 is 0 Å². The average Bonchev–Trinajstić information content (AvgIpc) is 2.39. The molecule has 1 rings (SSSR count). The minimum atomic E-state index is 0.592. The summed E-state index contributed by atoms with van der Waals surface area (Å²) in [5.74, 6) is 1.94. The van der Waals surface area contributed by atoms with Gasteiger partial charge in [-0.1, -0.05) is 6.92 Å². The molecule has 1 fully saturated rings. The standard InChI is InChI=1S/C16H34N4/c1-13(2)20(14(3)4)12-9-18-16(17-6)19-10-7-15(5)8-11-19/h13-15H,7-12H2,1-6H3,(H,17,18). The molecule has 1 aliphatic rings. The third kappa shape index (κ3) is 5.31. The number of nitrogens with zero attached hydrogens (tertiary/aromatic N) is 3. The summed E-state index contributed by atoms with van der Waals surface area (Å²) in [6.07, 6.45) is 2.57. The monoisotopic (exact) mass is 282 g/mol. The molecular formula is C16H34N4. The molecule has 0 atom stereocenters. The first kappa shape index (κ1) is 17.3. The van der Waals surface area contributed by atoms with Gasteiger partial charge in [0, 0.05) is 45.3 Å². The van der Waals surface area contributed by atoms with Crippen LogP contribution >= 0.6 is 0 Å². The number of hydrogen-bond donors (Lipinski definition) is 1. The molecule has 1 aliphatic heterocycles. The lowest BCUT2D eigenvalue weighted by atomic mass is 10.00. The Labute approximate surface area is 125 Å². The molecule has 0 bridgehead atoms. The van der Waals surface area contributed by atoms with Gasteiger partial charge in [0.15, 0.2) is 5.96 Å². The fourth-order valence-electron chi connectivity index (χ4n) is 2.96. The first-order valence-corrected chi connectivity index (χ1v) is 8.17. The van der Waals surface area contributed by atoms with Crippen LogP contribution in [0.15, 0.2) is 4.99 Å². The summed E-state index contributed by atoms with van der Waals surface area (Å²) in [4.78, 5) is 9.35. The number of rotatable bonds is 5. The van der Waals surface area contributed by atoms with Crippen molar-refractivity contribution in [2.24, 2.45) is 10.9 Å². The Morgan fingerprint density at radius 1 is 1.20 bits per heavy atom. The van der Waals surface area contributed by atoms with Gasteiger partial charge in [0.25, 0.3) is 0 Å².